The Bertz CT molecular complexity index is 1070. The second kappa shape index (κ2) is 11.1. The first-order chi connectivity index (χ1) is 18.2. The molecule has 3 aliphatic heterocycles. The average Bonchev–Trinajstić information content (AvgIpc) is 3.49. The zero-order chi connectivity index (χ0) is 28.8. The molecule has 4 rings (SSSR count). The highest BCUT2D eigenvalue weighted by Gasteiger charge is 2.74. The van der Waals surface area contributed by atoms with E-state index in [2.05, 4.69) is 31.4 Å². The van der Waals surface area contributed by atoms with E-state index in [1.165, 1.54) is 0 Å². The Balaban J connectivity index is 1.67. The Kier molecular flexibility index (Phi) is 8.49. The maximum atomic E-state index is 14.3. The Morgan fingerprint density at radius 3 is 2.41 bits per heavy atom. The molecule has 0 aromatic heterocycles. The molecule has 0 saturated carbocycles. The van der Waals surface area contributed by atoms with E-state index in [0.717, 1.165) is 24.8 Å². The van der Waals surface area contributed by atoms with Gasteiger partial charge in [0.05, 0.1) is 29.2 Å². The fraction of sp³-hybridized carbons (Fsp3) is 0.710. The largest absolute Gasteiger partial charge is 0.394 e. The third-order valence-electron chi connectivity index (χ3n) is 8.88. The van der Waals surface area contributed by atoms with Crippen LogP contribution in [0.4, 0.5) is 0 Å². The number of carbonyl (C=O) groups excluding carboxylic acids is 3. The van der Waals surface area contributed by atoms with Crippen LogP contribution in [0.5, 0.6) is 0 Å². The number of aliphatic hydroxyl groups is 1. The van der Waals surface area contributed by atoms with Crippen molar-refractivity contribution in [1.29, 1.82) is 0 Å². The second-order valence-corrected chi connectivity index (χ2v) is 15.4. The van der Waals surface area contributed by atoms with Crippen LogP contribution in [0.3, 0.4) is 0 Å². The Labute approximate surface area is 238 Å². The summed E-state index contributed by atoms with van der Waals surface area (Å²) < 4.78 is -0.667. The molecule has 1 spiro atoms. The third kappa shape index (κ3) is 5.74. The highest BCUT2D eigenvalue weighted by molar-refractivity contribution is 8.02. The van der Waals surface area contributed by atoms with Crippen LogP contribution in [0.2, 0.25) is 0 Å². The van der Waals surface area contributed by atoms with Crippen LogP contribution in [-0.4, -0.2) is 62.0 Å². The van der Waals surface area contributed by atoms with E-state index < -0.39 is 34.2 Å². The molecule has 0 aliphatic carbocycles. The molecule has 39 heavy (non-hydrogen) atoms. The third-order valence-corrected chi connectivity index (χ3v) is 10.8. The van der Waals surface area contributed by atoms with Gasteiger partial charge >= 0.3 is 0 Å². The van der Waals surface area contributed by atoms with E-state index in [4.69, 9.17) is 0 Å². The number of nitrogens with zero attached hydrogens (tertiary/aromatic N) is 1. The highest BCUT2D eigenvalue weighted by Crippen LogP contribution is 2.66. The zero-order valence-electron chi connectivity index (χ0n) is 24.6. The number of thioether (sulfide) groups is 1. The lowest BCUT2D eigenvalue weighted by Crippen LogP contribution is -2.61. The lowest BCUT2D eigenvalue weighted by molar-refractivity contribution is -0.144. The second-order valence-electron chi connectivity index (χ2n) is 13.8. The van der Waals surface area contributed by atoms with Gasteiger partial charge in [0.2, 0.25) is 17.7 Å². The van der Waals surface area contributed by atoms with Crippen molar-refractivity contribution >= 4 is 29.5 Å². The molecule has 1 aromatic rings. The van der Waals surface area contributed by atoms with Crippen molar-refractivity contribution in [2.45, 2.75) is 108 Å². The minimum absolute atomic E-state index is 0.00549. The summed E-state index contributed by atoms with van der Waals surface area (Å²) in [6, 6.07) is 8.57. The molecule has 8 heteroatoms. The fourth-order valence-corrected chi connectivity index (χ4v) is 9.74. The van der Waals surface area contributed by atoms with Gasteiger partial charge in [-0.05, 0) is 50.0 Å². The maximum Gasteiger partial charge on any atom is 0.244 e. The van der Waals surface area contributed by atoms with Crippen LogP contribution < -0.4 is 10.6 Å². The van der Waals surface area contributed by atoms with Crippen LogP contribution in [-0.2, 0) is 20.9 Å². The quantitative estimate of drug-likeness (QED) is 0.402. The lowest BCUT2D eigenvalue weighted by Gasteiger charge is -2.41. The van der Waals surface area contributed by atoms with E-state index in [1.54, 1.807) is 16.7 Å². The summed E-state index contributed by atoms with van der Waals surface area (Å²) in [6.07, 6.45) is 3.06. The van der Waals surface area contributed by atoms with Crippen molar-refractivity contribution in [3.8, 4) is 0 Å². The average molecular weight is 558 g/mol. The molecule has 3 heterocycles. The summed E-state index contributed by atoms with van der Waals surface area (Å²) in [4.78, 5) is 43.9. The molecule has 3 saturated heterocycles. The van der Waals surface area contributed by atoms with Crippen LogP contribution in [0.15, 0.2) is 30.3 Å². The predicted molar refractivity (Wildman–Crippen MR) is 156 cm³/mol. The molecule has 2 bridgehead atoms. The number of likely N-dealkylation sites (tertiary alicyclic amines) is 1. The molecule has 3 fully saturated rings. The number of rotatable bonds is 10. The van der Waals surface area contributed by atoms with Crippen molar-refractivity contribution < 1.29 is 19.5 Å². The fourth-order valence-electron chi connectivity index (χ4n) is 7.54. The SMILES string of the molecule is CC[C@H](C)[C@H](CO)N1C(=O)[C@@H]2[C@H](C(=O)NCc3ccccc3)[C@@H]3CCC2(S3)C1C(=O)NC(C)(C)CC(C)(C)C. The molecule has 2 unspecified atom stereocenters. The van der Waals surface area contributed by atoms with Gasteiger partial charge in [-0.3, -0.25) is 14.4 Å². The number of hydrogen-bond acceptors (Lipinski definition) is 5. The first-order valence-corrected chi connectivity index (χ1v) is 15.4. The first-order valence-electron chi connectivity index (χ1n) is 14.5. The molecule has 7 nitrogen and oxygen atoms in total. The number of carbonyl (C=O) groups is 3. The molecular weight excluding hydrogens is 510 g/mol. The normalized spacial score (nSPS) is 29.7. The van der Waals surface area contributed by atoms with E-state index in [0.29, 0.717) is 13.0 Å². The highest BCUT2D eigenvalue weighted by atomic mass is 32.2. The van der Waals surface area contributed by atoms with Crippen molar-refractivity contribution in [1.82, 2.24) is 15.5 Å². The van der Waals surface area contributed by atoms with E-state index in [9.17, 15) is 19.5 Å². The van der Waals surface area contributed by atoms with Gasteiger partial charge in [0, 0.05) is 17.3 Å². The number of hydrogen-bond donors (Lipinski definition) is 3. The van der Waals surface area contributed by atoms with Gasteiger partial charge in [0.1, 0.15) is 6.04 Å². The number of fused-ring (bicyclic) bond motifs is 1. The van der Waals surface area contributed by atoms with Gasteiger partial charge in [-0.2, -0.15) is 0 Å². The summed E-state index contributed by atoms with van der Waals surface area (Å²) in [7, 11) is 0. The monoisotopic (exact) mass is 557 g/mol. The van der Waals surface area contributed by atoms with Gasteiger partial charge in [-0.1, -0.05) is 71.4 Å². The van der Waals surface area contributed by atoms with Gasteiger partial charge in [0.25, 0.3) is 0 Å². The number of aliphatic hydroxyl groups excluding tert-OH is 1. The van der Waals surface area contributed by atoms with E-state index in [-0.39, 0.29) is 40.9 Å². The molecule has 7 atom stereocenters. The summed E-state index contributed by atoms with van der Waals surface area (Å²) in [5, 5.41) is 16.9. The van der Waals surface area contributed by atoms with Gasteiger partial charge in [0.15, 0.2) is 0 Å². The molecule has 3 amide bonds. The van der Waals surface area contributed by atoms with Crippen LogP contribution >= 0.6 is 11.8 Å². The van der Waals surface area contributed by atoms with E-state index >= 15 is 0 Å². The van der Waals surface area contributed by atoms with Gasteiger partial charge in [-0.15, -0.1) is 11.8 Å². The van der Waals surface area contributed by atoms with Crippen LogP contribution in [0, 0.1) is 23.2 Å². The minimum atomic E-state index is -0.720. The standard InChI is InChI=1S/C31H47N3O4S/c1-8-19(2)21(17-35)34-25(27(37)33-30(6,7)18-29(3,4)5)31-15-14-22(39-31)23(24(31)28(34)38)26(36)32-16-20-12-10-9-11-13-20/h9-13,19,21-25,35H,8,14-18H2,1-7H3,(H,32,36)(H,33,37)/t19-,21-,22-,23+,24-,25?,31?/m0/s1. The van der Waals surface area contributed by atoms with Crippen molar-refractivity contribution in [2.24, 2.45) is 23.2 Å². The Morgan fingerprint density at radius 2 is 1.82 bits per heavy atom. The Hall–Kier alpha value is -2.06. The smallest absolute Gasteiger partial charge is 0.244 e. The van der Waals surface area contributed by atoms with Gasteiger partial charge < -0.3 is 20.6 Å². The minimum Gasteiger partial charge on any atom is -0.394 e. The first kappa shape index (κ1) is 29.9. The Morgan fingerprint density at radius 1 is 1.15 bits per heavy atom. The number of nitrogens with one attached hydrogen (secondary N) is 2. The van der Waals surface area contributed by atoms with E-state index in [1.807, 2.05) is 58.0 Å². The number of amides is 3. The topological polar surface area (TPSA) is 98.7 Å². The predicted octanol–water partition coefficient (Wildman–Crippen LogP) is 4.13. The van der Waals surface area contributed by atoms with Gasteiger partial charge in [-0.25, -0.2) is 0 Å². The molecule has 1 aromatic carbocycles. The van der Waals surface area contributed by atoms with Crippen molar-refractivity contribution in [2.75, 3.05) is 6.61 Å². The summed E-state index contributed by atoms with van der Waals surface area (Å²) >= 11 is 1.67. The van der Waals surface area contributed by atoms with Crippen LogP contribution in [0.25, 0.3) is 0 Å². The lowest BCUT2D eigenvalue weighted by atomic mass is 9.70. The molecule has 0 radical (unpaired) electrons. The molecule has 3 N–H and O–H groups in total. The summed E-state index contributed by atoms with van der Waals surface area (Å²) in [5.74, 6) is -1.48. The summed E-state index contributed by atoms with van der Waals surface area (Å²) in [5.41, 5.74) is 0.541. The molecule has 3 aliphatic rings. The van der Waals surface area contributed by atoms with Crippen LogP contribution in [0.1, 0.15) is 79.7 Å². The van der Waals surface area contributed by atoms with Crippen molar-refractivity contribution in [3.63, 3.8) is 0 Å². The number of benzene rings is 1. The summed E-state index contributed by atoms with van der Waals surface area (Å²) in [6.45, 7) is 14.8. The van der Waals surface area contributed by atoms with Crippen molar-refractivity contribution in [3.05, 3.63) is 35.9 Å². The maximum absolute atomic E-state index is 14.3. The molecular formula is C31H47N3O4S. The zero-order valence-corrected chi connectivity index (χ0v) is 25.4. The molecule has 216 valence electrons.